The van der Waals surface area contributed by atoms with E-state index in [0.29, 0.717) is 15.9 Å². The fourth-order valence-electron chi connectivity index (χ4n) is 2.34. The molecule has 7 nitrogen and oxygen atoms in total. The van der Waals surface area contributed by atoms with Crippen LogP contribution in [0.5, 0.6) is 5.75 Å². The molecule has 0 spiro atoms. The average molecular weight is 390 g/mol. The van der Waals surface area contributed by atoms with E-state index in [1.54, 1.807) is 0 Å². The second-order valence-electron chi connectivity index (χ2n) is 5.21. The monoisotopic (exact) mass is 390 g/mol. The molecule has 0 bridgehead atoms. The molecule has 0 saturated carbocycles. The van der Waals surface area contributed by atoms with Crippen molar-refractivity contribution < 1.29 is 17.9 Å². The molecule has 0 aliphatic carbocycles. The number of tetrazole rings is 1. The van der Waals surface area contributed by atoms with Crippen molar-refractivity contribution in [2.24, 2.45) is 0 Å². The van der Waals surface area contributed by atoms with Gasteiger partial charge in [0.1, 0.15) is 17.1 Å². The number of ether oxygens (including phenoxy) is 1. The van der Waals surface area contributed by atoms with Gasteiger partial charge in [0.25, 0.3) is 0 Å². The number of halogens is 3. The Morgan fingerprint density at radius 3 is 2.52 bits per heavy atom. The van der Waals surface area contributed by atoms with Crippen LogP contribution in [-0.4, -0.2) is 36.5 Å². The molecule has 4 rings (SSSR count). The summed E-state index contributed by atoms with van der Waals surface area (Å²) >= 11 is 1.22. The Kier molecular flexibility index (Phi) is 4.36. The van der Waals surface area contributed by atoms with Crippen LogP contribution in [0.4, 0.5) is 13.2 Å². The SMILES string of the molecule is FC(F)(F)Oc1ccc(-n2nnnc2Sc2ncnc3ccccc23)cc1. The molecular formula is C16H9F3N6OS. The van der Waals surface area contributed by atoms with Gasteiger partial charge in [-0.15, -0.1) is 18.3 Å². The second-order valence-corrected chi connectivity index (χ2v) is 6.17. The maximum absolute atomic E-state index is 12.3. The largest absolute Gasteiger partial charge is 0.573 e. The molecule has 0 fully saturated rings. The highest BCUT2D eigenvalue weighted by Gasteiger charge is 2.31. The average Bonchev–Trinajstić information content (AvgIpc) is 3.10. The first-order valence-electron chi connectivity index (χ1n) is 7.52. The van der Waals surface area contributed by atoms with Crippen molar-refractivity contribution in [2.45, 2.75) is 16.5 Å². The van der Waals surface area contributed by atoms with Crippen molar-refractivity contribution in [2.75, 3.05) is 0 Å². The van der Waals surface area contributed by atoms with Crippen molar-refractivity contribution >= 4 is 22.7 Å². The third kappa shape index (κ3) is 3.82. The van der Waals surface area contributed by atoms with Crippen LogP contribution in [-0.2, 0) is 0 Å². The zero-order chi connectivity index (χ0) is 18.9. The van der Waals surface area contributed by atoms with E-state index in [0.717, 1.165) is 10.9 Å². The first kappa shape index (κ1) is 17.2. The molecule has 0 radical (unpaired) electrons. The van der Waals surface area contributed by atoms with Crippen LogP contribution >= 0.6 is 11.8 Å². The van der Waals surface area contributed by atoms with Gasteiger partial charge in [0.2, 0.25) is 5.16 Å². The lowest BCUT2D eigenvalue weighted by atomic mass is 10.2. The van der Waals surface area contributed by atoms with E-state index in [9.17, 15) is 13.2 Å². The molecule has 0 atom stereocenters. The maximum Gasteiger partial charge on any atom is 0.573 e. The highest BCUT2D eigenvalue weighted by atomic mass is 32.2. The summed E-state index contributed by atoms with van der Waals surface area (Å²) < 4.78 is 42.1. The maximum atomic E-state index is 12.3. The number of rotatable bonds is 4. The summed E-state index contributed by atoms with van der Waals surface area (Å²) in [6.45, 7) is 0. The van der Waals surface area contributed by atoms with Crippen LogP contribution in [0, 0.1) is 0 Å². The van der Waals surface area contributed by atoms with Crippen LogP contribution in [0.1, 0.15) is 0 Å². The number of nitrogens with zero attached hydrogens (tertiary/aromatic N) is 6. The molecule has 2 aromatic carbocycles. The minimum Gasteiger partial charge on any atom is -0.406 e. The van der Waals surface area contributed by atoms with E-state index in [-0.39, 0.29) is 5.75 Å². The Balaban J connectivity index is 1.63. The molecule has 27 heavy (non-hydrogen) atoms. The third-order valence-electron chi connectivity index (χ3n) is 3.45. The fourth-order valence-corrected chi connectivity index (χ4v) is 3.20. The van der Waals surface area contributed by atoms with Gasteiger partial charge in [-0.2, -0.15) is 4.68 Å². The molecule has 2 aromatic heterocycles. The summed E-state index contributed by atoms with van der Waals surface area (Å²) in [5.41, 5.74) is 1.26. The van der Waals surface area contributed by atoms with Gasteiger partial charge >= 0.3 is 6.36 Å². The predicted octanol–water partition coefficient (Wildman–Crippen LogP) is 3.66. The summed E-state index contributed by atoms with van der Waals surface area (Å²) in [5, 5.41) is 13.4. The minimum atomic E-state index is -4.74. The summed E-state index contributed by atoms with van der Waals surface area (Å²) in [4.78, 5) is 8.47. The van der Waals surface area contributed by atoms with Gasteiger partial charge in [-0.25, -0.2) is 9.97 Å². The Bertz CT molecular complexity index is 1080. The lowest BCUT2D eigenvalue weighted by Gasteiger charge is -2.09. The van der Waals surface area contributed by atoms with Gasteiger partial charge in [0.15, 0.2) is 0 Å². The lowest BCUT2D eigenvalue weighted by Crippen LogP contribution is -2.17. The zero-order valence-corrected chi connectivity index (χ0v) is 14.1. The van der Waals surface area contributed by atoms with E-state index in [1.807, 2.05) is 24.3 Å². The van der Waals surface area contributed by atoms with Crippen molar-refractivity contribution in [3.63, 3.8) is 0 Å². The predicted molar refractivity (Wildman–Crippen MR) is 89.5 cm³/mol. The molecule has 136 valence electrons. The number of fused-ring (bicyclic) bond motifs is 1. The van der Waals surface area contributed by atoms with Crippen LogP contribution in [0.2, 0.25) is 0 Å². The standard InChI is InChI=1S/C16H9F3N6OS/c17-16(18,19)26-11-7-5-10(6-8-11)25-15(22-23-24-25)27-14-12-3-1-2-4-13(12)20-9-21-14/h1-9H. The number of hydrogen-bond acceptors (Lipinski definition) is 7. The summed E-state index contributed by atoms with van der Waals surface area (Å²) in [7, 11) is 0. The van der Waals surface area contributed by atoms with Crippen molar-refractivity contribution in [3.05, 3.63) is 54.9 Å². The van der Waals surface area contributed by atoms with Crippen molar-refractivity contribution in [1.29, 1.82) is 0 Å². The van der Waals surface area contributed by atoms with E-state index >= 15 is 0 Å². The smallest absolute Gasteiger partial charge is 0.406 e. The Hall–Kier alpha value is -3.21. The number of benzene rings is 2. The number of aromatic nitrogens is 6. The van der Waals surface area contributed by atoms with Gasteiger partial charge in [-0.3, -0.25) is 0 Å². The lowest BCUT2D eigenvalue weighted by molar-refractivity contribution is -0.274. The highest BCUT2D eigenvalue weighted by molar-refractivity contribution is 7.99. The number of hydrogen-bond donors (Lipinski definition) is 0. The van der Waals surface area contributed by atoms with Crippen LogP contribution in [0.3, 0.4) is 0 Å². The fraction of sp³-hybridized carbons (Fsp3) is 0.0625. The van der Waals surface area contributed by atoms with Crippen molar-refractivity contribution in [3.8, 4) is 11.4 Å². The first-order chi connectivity index (χ1) is 13.0. The third-order valence-corrected chi connectivity index (χ3v) is 4.41. The van der Waals surface area contributed by atoms with Crippen LogP contribution < -0.4 is 4.74 Å². The van der Waals surface area contributed by atoms with Gasteiger partial charge in [0.05, 0.1) is 11.2 Å². The molecule has 0 amide bonds. The van der Waals surface area contributed by atoms with Crippen molar-refractivity contribution in [1.82, 2.24) is 30.2 Å². The molecule has 4 aromatic rings. The Labute approximate surface area is 154 Å². The highest BCUT2D eigenvalue weighted by Crippen LogP contribution is 2.31. The molecule has 0 N–H and O–H groups in total. The molecular weight excluding hydrogens is 381 g/mol. The topological polar surface area (TPSA) is 78.6 Å². The zero-order valence-electron chi connectivity index (χ0n) is 13.3. The van der Waals surface area contributed by atoms with Crippen LogP contribution in [0.25, 0.3) is 16.6 Å². The summed E-state index contributed by atoms with van der Waals surface area (Å²) in [6.07, 6.45) is -3.30. The molecule has 0 unspecified atom stereocenters. The molecule has 2 heterocycles. The number of para-hydroxylation sites is 1. The summed E-state index contributed by atoms with van der Waals surface area (Å²) in [5.74, 6) is -0.324. The first-order valence-corrected chi connectivity index (χ1v) is 8.33. The Morgan fingerprint density at radius 2 is 1.74 bits per heavy atom. The van der Waals surface area contributed by atoms with E-state index in [2.05, 4.69) is 30.2 Å². The second kappa shape index (κ2) is 6.83. The van der Waals surface area contributed by atoms with Gasteiger partial charge in [0, 0.05) is 5.39 Å². The van der Waals surface area contributed by atoms with Gasteiger partial charge < -0.3 is 4.74 Å². The molecule has 0 aliphatic heterocycles. The quantitative estimate of drug-likeness (QED) is 0.492. The van der Waals surface area contributed by atoms with E-state index < -0.39 is 6.36 Å². The minimum absolute atomic E-state index is 0.324. The van der Waals surface area contributed by atoms with Gasteiger partial charge in [-0.05, 0) is 52.5 Å². The molecule has 11 heteroatoms. The number of alkyl halides is 3. The van der Waals surface area contributed by atoms with Crippen LogP contribution in [0.15, 0.2) is 65.0 Å². The Morgan fingerprint density at radius 1 is 0.963 bits per heavy atom. The van der Waals surface area contributed by atoms with E-state index in [4.69, 9.17) is 0 Å². The molecule has 0 aliphatic rings. The summed E-state index contributed by atoms with van der Waals surface area (Å²) in [6, 6.07) is 12.7. The normalized spacial score (nSPS) is 11.7. The van der Waals surface area contributed by atoms with E-state index in [1.165, 1.54) is 47.0 Å². The molecule has 0 saturated heterocycles. The van der Waals surface area contributed by atoms with Gasteiger partial charge in [-0.1, -0.05) is 18.2 Å².